The third-order valence-corrected chi connectivity index (χ3v) is 3.57. The molecule has 1 rings (SSSR count). The molecule has 98 valence electrons. The molecule has 2 unspecified atom stereocenters. The predicted octanol–water partition coefficient (Wildman–Crippen LogP) is 0.685. The zero-order valence-corrected chi connectivity index (χ0v) is 10.4. The normalized spacial score (nSPS) is 24.4. The van der Waals surface area contributed by atoms with E-state index >= 15 is 0 Å². The van der Waals surface area contributed by atoms with Gasteiger partial charge in [-0.15, -0.1) is 0 Å². The molecule has 0 aromatic rings. The number of rotatable bonds is 5. The Morgan fingerprint density at radius 1 is 1.35 bits per heavy atom. The lowest BCUT2D eigenvalue weighted by atomic mass is 9.78. The van der Waals surface area contributed by atoms with Gasteiger partial charge >= 0.3 is 5.97 Å². The van der Waals surface area contributed by atoms with Crippen molar-refractivity contribution < 1.29 is 14.7 Å². The summed E-state index contributed by atoms with van der Waals surface area (Å²) >= 11 is 0. The summed E-state index contributed by atoms with van der Waals surface area (Å²) in [7, 11) is 1.67. The van der Waals surface area contributed by atoms with Gasteiger partial charge in [-0.05, 0) is 25.3 Å². The highest BCUT2D eigenvalue weighted by atomic mass is 16.4. The van der Waals surface area contributed by atoms with Crippen molar-refractivity contribution in [3.8, 4) is 0 Å². The first-order chi connectivity index (χ1) is 8.06. The minimum absolute atomic E-state index is 0.00223. The fourth-order valence-electron chi connectivity index (χ4n) is 2.47. The summed E-state index contributed by atoms with van der Waals surface area (Å²) in [5.74, 6) is -0.554. The molecule has 5 heteroatoms. The summed E-state index contributed by atoms with van der Waals surface area (Å²) < 4.78 is 0. The molecule has 5 nitrogen and oxygen atoms in total. The fraction of sp³-hybridized carbons (Fsp3) is 0.833. The first kappa shape index (κ1) is 14.0. The number of carboxylic acid groups (broad SMARTS) is 1. The van der Waals surface area contributed by atoms with Gasteiger partial charge in [-0.2, -0.15) is 0 Å². The molecule has 0 aromatic heterocycles. The second kappa shape index (κ2) is 6.59. The maximum absolute atomic E-state index is 12.2. The maximum Gasteiger partial charge on any atom is 0.305 e. The third-order valence-electron chi connectivity index (χ3n) is 3.57. The number of carbonyl (C=O) groups excluding carboxylic acids is 1. The Bertz CT molecular complexity index is 281. The Hall–Kier alpha value is -1.10. The summed E-state index contributed by atoms with van der Waals surface area (Å²) in [6.07, 6.45) is 4.12. The van der Waals surface area contributed by atoms with E-state index in [1.54, 1.807) is 7.05 Å². The van der Waals surface area contributed by atoms with Crippen LogP contribution < -0.4 is 5.73 Å². The van der Waals surface area contributed by atoms with Crippen LogP contribution in [0.2, 0.25) is 0 Å². The zero-order valence-electron chi connectivity index (χ0n) is 10.4. The van der Waals surface area contributed by atoms with E-state index in [2.05, 4.69) is 0 Å². The molecule has 2 atom stereocenters. The molecular formula is C12H22N2O3. The number of carboxylic acids is 1. The SMILES string of the molecule is CN(CCC(=O)O)C(=O)C1CCCCC1CN. The van der Waals surface area contributed by atoms with Crippen LogP contribution in [0.4, 0.5) is 0 Å². The number of nitrogens with two attached hydrogens (primary N) is 1. The van der Waals surface area contributed by atoms with Gasteiger partial charge in [0, 0.05) is 19.5 Å². The van der Waals surface area contributed by atoms with Crippen molar-refractivity contribution in [3.63, 3.8) is 0 Å². The Labute approximate surface area is 102 Å². The molecular weight excluding hydrogens is 220 g/mol. The van der Waals surface area contributed by atoms with E-state index in [0.29, 0.717) is 6.54 Å². The summed E-state index contributed by atoms with van der Waals surface area (Å²) in [6, 6.07) is 0. The van der Waals surface area contributed by atoms with Gasteiger partial charge in [0.1, 0.15) is 0 Å². The van der Waals surface area contributed by atoms with Gasteiger partial charge in [-0.25, -0.2) is 0 Å². The van der Waals surface area contributed by atoms with Crippen LogP contribution in [-0.4, -0.2) is 42.0 Å². The highest BCUT2D eigenvalue weighted by Crippen LogP contribution is 2.30. The third kappa shape index (κ3) is 4.00. The molecule has 1 amide bonds. The number of hydrogen-bond acceptors (Lipinski definition) is 3. The van der Waals surface area contributed by atoms with Crippen LogP contribution >= 0.6 is 0 Å². The van der Waals surface area contributed by atoms with Gasteiger partial charge in [0.2, 0.25) is 5.91 Å². The molecule has 0 aliphatic heterocycles. The van der Waals surface area contributed by atoms with Crippen molar-refractivity contribution in [1.29, 1.82) is 0 Å². The molecule has 1 fully saturated rings. The van der Waals surface area contributed by atoms with Crippen LogP contribution in [0.5, 0.6) is 0 Å². The Morgan fingerprint density at radius 3 is 2.59 bits per heavy atom. The highest BCUT2D eigenvalue weighted by molar-refractivity contribution is 5.79. The van der Waals surface area contributed by atoms with Crippen LogP contribution in [0, 0.1) is 11.8 Å². The van der Waals surface area contributed by atoms with Gasteiger partial charge in [0.25, 0.3) is 0 Å². The van der Waals surface area contributed by atoms with Gasteiger partial charge in [-0.1, -0.05) is 12.8 Å². The molecule has 0 radical (unpaired) electrons. The smallest absolute Gasteiger partial charge is 0.305 e. The average molecular weight is 242 g/mol. The lowest BCUT2D eigenvalue weighted by Crippen LogP contribution is -2.41. The molecule has 1 aliphatic carbocycles. The molecule has 1 saturated carbocycles. The number of amides is 1. The van der Waals surface area contributed by atoms with E-state index in [0.717, 1.165) is 25.7 Å². The van der Waals surface area contributed by atoms with E-state index < -0.39 is 5.97 Å². The van der Waals surface area contributed by atoms with Gasteiger partial charge in [0.05, 0.1) is 6.42 Å². The second-order valence-electron chi connectivity index (χ2n) is 4.79. The van der Waals surface area contributed by atoms with Gasteiger partial charge in [0.15, 0.2) is 0 Å². The highest BCUT2D eigenvalue weighted by Gasteiger charge is 2.31. The standard InChI is InChI=1S/C12H22N2O3/c1-14(7-6-11(15)16)12(17)10-5-3-2-4-9(10)8-13/h9-10H,2-8,13H2,1H3,(H,15,16). The van der Waals surface area contributed by atoms with Gasteiger partial charge in [-0.3, -0.25) is 9.59 Å². The summed E-state index contributed by atoms with van der Waals surface area (Å²) in [5.41, 5.74) is 5.69. The Kier molecular flexibility index (Phi) is 5.41. The van der Waals surface area contributed by atoms with Crippen LogP contribution in [0.3, 0.4) is 0 Å². The maximum atomic E-state index is 12.2. The van der Waals surface area contributed by atoms with Crippen molar-refractivity contribution in [2.24, 2.45) is 17.6 Å². The summed E-state index contributed by atoms with van der Waals surface area (Å²) in [4.78, 5) is 24.2. The largest absolute Gasteiger partial charge is 0.481 e. The van der Waals surface area contributed by atoms with E-state index in [1.165, 1.54) is 4.90 Å². The first-order valence-corrected chi connectivity index (χ1v) is 6.23. The molecule has 0 spiro atoms. The Morgan fingerprint density at radius 2 is 2.00 bits per heavy atom. The van der Waals surface area contributed by atoms with Crippen LogP contribution in [0.25, 0.3) is 0 Å². The molecule has 0 heterocycles. The lowest BCUT2D eigenvalue weighted by molar-refractivity contribution is -0.140. The van der Waals surface area contributed by atoms with Crippen LogP contribution in [0.15, 0.2) is 0 Å². The molecule has 0 aromatic carbocycles. The van der Waals surface area contributed by atoms with Crippen molar-refractivity contribution in [1.82, 2.24) is 4.90 Å². The minimum Gasteiger partial charge on any atom is -0.481 e. The zero-order chi connectivity index (χ0) is 12.8. The van der Waals surface area contributed by atoms with Crippen molar-refractivity contribution in [2.45, 2.75) is 32.1 Å². The number of carbonyl (C=O) groups is 2. The topological polar surface area (TPSA) is 83.6 Å². The summed E-state index contributed by atoms with van der Waals surface area (Å²) in [5, 5.41) is 8.59. The quantitative estimate of drug-likeness (QED) is 0.742. The fourth-order valence-corrected chi connectivity index (χ4v) is 2.47. The Balaban J connectivity index is 2.51. The summed E-state index contributed by atoms with van der Waals surface area (Å²) in [6.45, 7) is 0.825. The molecule has 3 N–H and O–H groups in total. The monoisotopic (exact) mass is 242 g/mol. The van der Waals surface area contributed by atoms with E-state index in [1.807, 2.05) is 0 Å². The molecule has 0 bridgehead atoms. The van der Waals surface area contributed by atoms with Gasteiger partial charge < -0.3 is 15.7 Å². The molecule has 0 saturated heterocycles. The lowest BCUT2D eigenvalue weighted by Gasteiger charge is -2.32. The van der Waals surface area contributed by atoms with E-state index in [4.69, 9.17) is 10.8 Å². The first-order valence-electron chi connectivity index (χ1n) is 6.23. The molecule has 17 heavy (non-hydrogen) atoms. The van der Waals surface area contributed by atoms with Crippen LogP contribution in [0.1, 0.15) is 32.1 Å². The average Bonchev–Trinajstić information content (AvgIpc) is 2.34. The van der Waals surface area contributed by atoms with Crippen molar-refractivity contribution in [2.75, 3.05) is 20.1 Å². The minimum atomic E-state index is -0.872. The second-order valence-corrected chi connectivity index (χ2v) is 4.79. The predicted molar refractivity (Wildman–Crippen MR) is 64.4 cm³/mol. The van der Waals surface area contributed by atoms with Crippen LogP contribution in [-0.2, 0) is 9.59 Å². The van der Waals surface area contributed by atoms with Crippen molar-refractivity contribution >= 4 is 11.9 Å². The number of nitrogens with zero attached hydrogens (tertiary/aromatic N) is 1. The molecule has 1 aliphatic rings. The number of aliphatic carboxylic acids is 1. The van der Waals surface area contributed by atoms with E-state index in [9.17, 15) is 9.59 Å². The van der Waals surface area contributed by atoms with Crippen molar-refractivity contribution in [3.05, 3.63) is 0 Å². The number of hydrogen-bond donors (Lipinski definition) is 2. The van der Waals surface area contributed by atoms with E-state index in [-0.39, 0.29) is 30.7 Å².